The van der Waals surface area contributed by atoms with Crippen LogP contribution in [0.1, 0.15) is 58.2 Å². The van der Waals surface area contributed by atoms with Gasteiger partial charge >= 0.3 is 0 Å². The van der Waals surface area contributed by atoms with Crippen molar-refractivity contribution in [3.63, 3.8) is 0 Å². The first-order valence-electron chi connectivity index (χ1n) is 9.07. The van der Waals surface area contributed by atoms with Crippen LogP contribution in [0.4, 0.5) is 0 Å². The minimum absolute atomic E-state index is 0.0421. The third-order valence-electron chi connectivity index (χ3n) is 4.77. The second-order valence-electron chi connectivity index (χ2n) is 9.27. The number of hydrogen-bond acceptors (Lipinski definition) is 2. The van der Waals surface area contributed by atoms with Crippen molar-refractivity contribution in [2.45, 2.75) is 61.5 Å². The van der Waals surface area contributed by atoms with Crippen molar-refractivity contribution in [2.75, 3.05) is 7.05 Å². The van der Waals surface area contributed by atoms with E-state index >= 15 is 0 Å². The molecule has 1 aliphatic rings. The zero-order valence-corrected chi connectivity index (χ0v) is 17.3. The largest absolute Gasteiger partial charge is 0.382 e. The van der Waals surface area contributed by atoms with Crippen molar-refractivity contribution in [1.82, 2.24) is 0 Å². The summed E-state index contributed by atoms with van der Waals surface area (Å²) in [5.41, 5.74) is 7.72. The van der Waals surface area contributed by atoms with Gasteiger partial charge in [0.25, 0.3) is 0 Å². The molecule has 0 amide bonds. The maximum absolute atomic E-state index is 11.1. The van der Waals surface area contributed by atoms with Gasteiger partial charge in [0.2, 0.25) is 0 Å². The van der Waals surface area contributed by atoms with Crippen molar-refractivity contribution < 1.29 is 5.11 Å². The van der Waals surface area contributed by atoms with Crippen LogP contribution < -0.4 is 0 Å². The molecule has 0 radical (unpaired) electrons. The van der Waals surface area contributed by atoms with Crippen LogP contribution in [0.3, 0.4) is 0 Å². The average molecular weight is 340 g/mol. The van der Waals surface area contributed by atoms with Crippen LogP contribution in [0, 0.1) is 24.7 Å². The first-order valence-corrected chi connectivity index (χ1v) is 9.07. The quantitative estimate of drug-likeness (QED) is 0.718. The van der Waals surface area contributed by atoms with Crippen molar-refractivity contribution in [1.29, 1.82) is 0 Å². The monoisotopic (exact) mass is 339 g/mol. The van der Waals surface area contributed by atoms with Crippen molar-refractivity contribution in [3.05, 3.63) is 52.1 Å². The van der Waals surface area contributed by atoms with Gasteiger partial charge in [0.1, 0.15) is 6.10 Å². The van der Waals surface area contributed by atoms with E-state index in [1.54, 1.807) is 7.05 Å². The molecule has 0 fully saturated rings. The van der Waals surface area contributed by atoms with Crippen molar-refractivity contribution in [2.24, 2.45) is 15.8 Å². The van der Waals surface area contributed by atoms with Gasteiger partial charge < -0.3 is 5.11 Å². The molecule has 1 N–H and O–H groups in total. The number of benzene rings is 1. The van der Waals surface area contributed by atoms with Gasteiger partial charge in [0, 0.05) is 7.05 Å². The zero-order chi connectivity index (χ0) is 19.2. The summed E-state index contributed by atoms with van der Waals surface area (Å²) in [4.78, 5) is 4.38. The Balaban J connectivity index is 2.93. The van der Waals surface area contributed by atoms with Crippen molar-refractivity contribution in [3.8, 4) is 0 Å². The van der Waals surface area contributed by atoms with E-state index in [0.717, 1.165) is 11.3 Å². The number of rotatable bonds is 1. The Bertz CT molecular complexity index is 744. The standard InChI is InChI=1S/C23H33NO/c1-14-10-15(2)12-16(11-14)19-17(22(3,4)5)13-18(24-9)21(25)20(19)23(6,7)8/h10-13,21,25H,1-9H3. The van der Waals surface area contributed by atoms with E-state index in [9.17, 15) is 5.11 Å². The Kier molecular flexibility index (Phi) is 5.16. The molecule has 0 aliphatic heterocycles. The molecule has 2 rings (SSSR count). The molecule has 25 heavy (non-hydrogen) atoms. The number of aliphatic hydroxyl groups is 1. The fraction of sp³-hybridized carbons (Fsp3) is 0.522. The molecule has 1 unspecified atom stereocenters. The lowest BCUT2D eigenvalue weighted by Crippen LogP contribution is -2.35. The molecule has 0 spiro atoms. The summed E-state index contributed by atoms with van der Waals surface area (Å²) in [7, 11) is 1.76. The fourth-order valence-corrected chi connectivity index (χ4v) is 3.72. The molecule has 2 nitrogen and oxygen atoms in total. The number of hydrogen-bond donors (Lipinski definition) is 1. The highest BCUT2D eigenvalue weighted by Gasteiger charge is 2.37. The van der Waals surface area contributed by atoms with E-state index in [1.807, 2.05) is 0 Å². The SMILES string of the molecule is CN=C1C=C(C(C)(C)C)C(c2cc(C)cc(C)c2)=C(C(C)(C)C)C1O. The topological polar surface area (TPSA) is 32.6 Å². The summed E-state index contributed by atoms with van der Waals surface area (Å²) in [6.45, 7) is 17.5. The minimum Gasteiger partial charge on any atom is -0.382 e. The zero-order valence-electron chi connectivity index (χ0n) is 17.3. The second-order valence-corrected chi connectivity index (χ2v) is 9.27. The van der Waals surface area contributed by atoms with E-state index in [-0.39, 0.29) is 10.8 Å². The van der Waals surface area contributed by atoms with Gasteiger partial charge in [0.05, 0.1) is 5.71 Å². The van der Waals surface area contributed by atoms with E-state index in [4.69, 9.17) is 0 Å². The maximum Gasteiger partial charge on any atom is 0.118 e. The summed E-state index contributed by atoms with van der Waals surface area (Å²) in [5.74, 6) is 0. The second kappa shape index (κ2) is 6.57. The molecule has 1 aliphatic carbocycles. The molecular formula is C23H33NO. The van der Waals surface area contributed by atoms with Gasteiger partial charge in [-0.2, -0.15) is 0 Å². The van der Waals surface area contributed by atoms with Gasteiger partial charge in [-0.05, 0) is 53.0 Å². The van der Waals surface area contributed by atoms with Gasteiger partial charge in [-0.1, -0.05) is 70.9 Å². The van der Waals surface area contributed by atoms with Gasteiger partial charge in [-0.15, -0.1) is 0 Å². The van der Waals surface area contributed by atoms with Gasteiger partial charge in [-0.3, -0.25) is 4.99 Å². The summed E-state index contributed by atoms with van der Waals surface area (Å²) < 4.78 is 0. The van der Waals surface area contributed by atoms with Crippen LogP contribution >= 0.6 is 0 Å². The normalized spacial score (nSPS) is 21.0. The van der Waals surface area contributed by atoms with Crippen LogP contribution in [0.15, 0.2) is 40.4 Å². The van der Waals surface area contributed by atoms with E-state index < -0.39 is 6.10 Å². The molecule has 2 heteroatoms. The summed E-state index contributed by atoms with van der Waals surface area (Å²) in [6.07, 6.45) is 1.43. The van der Waals surface area contributed by atoms with Crippen LogP contribution in [-0.4, -0.2) is 24.0 Å². The number of nitrogens with zero attached hydrogens (tertiary/aromatic N) is 1. The summed E-state index contributed by atoms with van der Waals surface area (Å²) >= 11 is 0. The predicted molar refractivity (Wildman–Crippen MR) is 109 cm³/mol. The molecular weight excluding hydrogens is 306 g/mol. The van der Waals surface area contributed by atoms with Crippen LogP contribution in [0.2, 0.25) is 0 Å². The van der Waals surface area contributed by atoms with Crippen LogP contribution in [-0.2, 0) is 0 Å². The Morgan fingerprint density at radius 2 is 1.40 bits per heavy atom. The maximum atomic E-state index is 11.1. The van der Waals surface area contributed by atoms with E-state index in [0.29, 0.717) is 0 Å². The minimum atomic E-state index is -0.660. The molecule has 0 saturated heterocycles. The number of aliphatic imine (C=N–C) groups is 1. The lowest BCUT2D eigenvalue weighted by Gasteiger charge is -2.39. The molecule has 0 aromatic heterocycles. The lowest BCUT2D eigenvalue weighted by molar-refractivity contribution is 0.245. The van der Waals surface area contributed by atoms with Gasteiger partial charge in [0.15, 0.2) is 0 Å². The Hall–Kier alpha value is -1.67. The number of allylic oxidation sites excluding steroid dienone is 2. The highest BCUT2D eigenvalue weighted by molar-refractivity contribution is 6.09. The van der Waals surface area contributed by atoms with E-state index in [1.165, 1.54) is 27.8 Å². The Morgan fingerprint density at radius 1 is 0.880 bits per heavy atom. The van der Waals surface area contributed by atoms with Crippen LogP contribution in [0.5, 0.6) is 0 Å². The predicted octanol–water partition coefficient (Wildman–Crippen LogP) is 5.52. The molecule has 0 heterocycles. The molecule has 0 saturated carbocycles. The summed E-state index contributed by atoms with van der Waals surface area (Å²) in [6, 6.07) is 6.66. The third kappa shape index (κ3) is 3.95. The lowest BCUT2D eigenvalue weighted by atomic mass is 9.67. The molecule has 136 valence electrons. The fourth-order valence-electron chi connectivity index (χ4n) is 3.72. The first kappa shape index (κ1) is 19.7. The van der Waals surface area contributed by atoms with E-state index in [2.05, 4.69) is 84.7 Å². The molecule has 1 aromatic rings. The number of aryl methyl sites for hydroxylation is 2. The molecule has 1 atom stereocenters. The van der Waals surface area contributed by atoms with Crippen molar-refractivity contribution >= 4 is 11.3 Å². The Morgan fingerprint density at radius 3 is 1.80 bits per heavy atom. The highest BCUT2D eigenvalue weighted by atomic mass is 16.3. The molecule has 1 aromatic carbocycles. The average Bonchev–Trinajstić information content (AvgIpc) is 2.42. The Labute approximate surface area is 153 Å². The molecule has 0 bridgehead atoms. The van der Waals surface area contributed by atoms with Gasteiger partial charge in [-0.25, -0.2) is 0 Å². The third-order valence-corrected chi connectivity index (χ3v) is 4.77. The first-order chi connectivity index (χ1) is 11.4. The highest BCUT2D eigenvalue weighted by Crippen LogP contribution is 2.47. The number of aliphatic hydroxyl groups excluding tert-OH is 1. The summed E-state index contributed by atoms with van der Waals surface area (Å²) in [5, 5.41) is 11.1. The smallest absolute Gasteiger partial charge is 0.118 e. The van der Waals surface area contributed by atoms with Crippen LogP contribution in [0.25, 0.3) is 5.57 Å².